The first-order valence-electron chi connectivity index (χ1n) is 13.6. The van der Waals surface area contributed by atoms with Crippen LogP contribution in [0.3, 0.4) is 0 Å². The van der Waals surface area contributed by atoms with Crippen LogP contribution in [-0.2, 0) is 16.1 Å². The van der Waals surface area contributed by atoms with Gasteiger partial charge >= 0.3 is 12.0 Å². The first kappa shape index (κ1) is 32.6. The number of allylic oxidation sites excluding steroid dienone is 1. The second kappa shape index (κ2) is 15.5. The van der Waals surface area contributed by atoms with Crippen molar-refractivity contribution < 1.29 is 33.6 Å². The van der Waals surface area contributed by atoms with E-state index in [0.29, 0.717) is 52.3 Å². The van der Waals surface area contributed by atoms with Crippen molar-refractivity contribution >= 4 is 45.7 Å². The summed E-state index contributed by atoms with van der Waals surface area (Å²) < 4.78 is 23.4. The first-order valence-corrected chi connectivity index (χ1v) is 14.7. The Bertz CT molecular complexity index is 1550. The molecule has 11 nitrogen and oxygen atoms in total. The number of esters is 1. The second-order valence-electron chi connectivity index (χ2n) is 9.51. The molecule has 1 heterocycles. The van der Waals surface area contributed by atoms with E-state index in [1.165, 1.54) is 13.3 Å². The number of nitrogens with zero attached hydrogens (tertiary/aromatic N) is 1. The number of halogens is 2. The van der Waals surface area contributed by atoms with E-state index in [0.717, 1.165) is 10.0 Å². The fraction of sp³-hybridized carbons (Fsp3) is 0.258. The van der Waals surface area contributed by atoms with Crippen LogP contribution < -0.4 is 30.3 Å². The maximum Gasteiger partial charge on any atom is 0.337 e. The Kier molecular flexibility index (Phi) is 11.5. The summed E-state index contributed by atoms with van der Waals surface area (Å²) in [6.07, 6.45) is 0.320. The van der Waals surface area contributed by atoms with E-state index >= 15 is 0 Å². The number of rotatable bonds is 13. The lowest BCUT2D eigenvalue weighted by molar-refractivity contribution is -0.136. The zero-order valence-electron chi connectivity index (χ0n) is 24.2. The van der Waals surface area contributed by atoms with Gasteiger partial charge in [0.05, 0.1) is 31.5 Å². The van der Waals surface area contributed by atoms with E-state index in [1.807, 2.05) is 31.2 Å². The quantitative estimate of drug-likeness (QED) is 0.0833. The highest BCUT2D eigenvalue weighted by Gasteiger charge is 2.32. The van der Waals surface area contributed by atoms with Crippen LogP contribution in [0, 0.1) is 0 Å². The number of hydrazone groups is 1. The van der Waals surface area contributed by atoms with Crippen LogP contribution in [-0.4, -0.2) is 49.9 Å². The Labute approximate surface area is 268 Å². The molecule has 3 aromatic carbocycles. The minimum Gasteiger partial charge on any atom is -0.490 e. The predicted molar refractivity (Wildman–Crippen MR) is 169 cm³/mol. The summed E-state index contributed by atoms with van der Waals surface area (Å²) in [4.78, 5) is 24.6. The molecule has 0 spiro atoms. The third-order valence-corrected chi connectivity index (χ3v) is 7.14. The number of hydrogen-bond donors (Lipinski definition) is 4. The molecule has 2 amide bonds. The fourth-order valence-corrected chi connectivity index (χ4v) is 4.75. The molecule has 4 N–H and O–H groups in total. The van der Waals surface area contributed by atoms with Crippen LogP contribution in [0.1, 0.15) is 36.6 Å². The number of nitrogens with one attached hydrogen (secondary N) is 3. The van der Waals surface area contributed by atoms with Gasteiger partial charge < -0.3 is 34.7 Å². The lowest BCUT2D eigenvalue weighted by Crippen LogP contribution is -2.45. The molecule has 0 saturated carbocycles. The fourth-order valence-electron chi connectivity index (χ4n) is 4.31. The van der Waals surface area contributed by atoms with Gasteiger partial charge in [0, 0.05) is 20.8 Å². The van der Waals surface area contributed by atoms with Crippen molar-refractivity contribution in [3.8, 4) is 17.2 Å². The van der Waals surface area contributed by atoms with Crippen LogP contribution in [0.25, 0.3) is 0 Å². The van der Waals surface area contributed by atoms with E-state index in [4.69, 9.17) is 30.5 Å². The number of aliphatic hydroxyl groups excluding tert-OH is 1. The Morgan fingerprint density at radius 3 is 2.57 bits per heavy atom. The van der Waals surface area contributed by atoms with Gasteiger partial charge in [0.25, 0.3) is 0 Å². The summed E-state index contributed by atoms with van der Waals surface area (Å²) in [6.45, 7) is 3.94. The number of benzene rings is 3. The van der Waals surface area contributed by atoms with E-state index in [-0.39, 0.29) is 12.2 Å². The van der Waals surface area contributed by atoms with Crippen LogP contribution in [0.4, 0.5) is 4.79 Å². The molecule has 2 atom stereocenters. The molecule has 3 aromatic rings. The van der Waals surface area contributed by atoms with Crippen molar-refractivity contribution in [2.45, 2.75) is 32.7 Å². The molecule has 0 saturated heterocycles. The molecule has 0 bridgehead atoms. The molecule has 13 heteroatoms. The minimum atomic E-state index is -1.17. The Morgan fingerprint density at radius 2 is 1.84 bits per heavy atom. The van der Waals surface area contributed by atoms with Gasteiger partial charge in [-0.1, -0.05) is 45.7 Å². The molecular formula is C31H32BrClN4O7. The van der Waals surface area contributed by atoms with Crippen molar-refractivity contribution in [1.82, 2.24) is 16.1 Å². The third-order valence-electron chi connectivity index (χ3n) is 6.38. The maximum absolute atomic E-state index is 12.4. The molecular weight excluding hydrogens is 656 g/mol. The summed E-state index contributed by atoms with van der Waals surface area (Å²) in [7, 11) is 1.27. The van der Waals surface area contributed by atoms with Crippen molar-refractivity contribution in [2.75, 3.05) is 20.3 Å². The number of carbonyl (C=O) groups is 2. The second-order valence-corrected chi connectivity index (χ2v) is 10.9. The molecule has 0 unspecified atom stereocenters. The maximum atomic E-state index is 12.4. The van der Waals surface area contributed by atoms with Gasteiger partial charge in [-0.3, -0.25) is 5.43 Å². The lowest BCUT2D eigenvalue weighted by atomic mass is 9.95. The Balaban J connectivity index is 1.40. The summed E-state index contributed by atoms with van der Waals surface area (Å²) in [5.74, 6) is 0.704. The summed E-state index contributed by atoms with van der Waals surface area (Å²) in [5.41, 5.74) is 5.47. The van der Waals surface area contributed by atoms with Gasteiger partial charge in [-0.05, 0) is 67.4 Å². The molecule has 1 aliphatic heterocycles. The Morgan fingerprint density at radius 1 is 1.09 bits per heavy atom. The third kappa shape index (κ3) is 8.65. The van der Waals surface area contributed by atoms with Crippen molar-refractivity contribution in [2.24, 2.45) is 5.10 Å². The highest BCUT2D eigenvalue weighted by atomic mass is 79.9. The number of methoxy groups -OCH3 is 1. The first-order chi connectivity index (χ1) is 21.2. The van der Waals surface area contributed by atoms with E-state index in [9.17, 15) is 14.7 Å². The lowest BCUT2D eigenvalue weighted by Gasteiger charge is -2.28. The monoisotopic (exact) mass is 686 g/mol. The SMILES string of the molecule is CCOc1cc([C@@H]2NC(=O)NC(C)=C2C(=O)OC)ccc1OC[C@H](O)N/N=C/c1cc(Cl)ccc1OCc1ccc(Br)cc1. The zero-order valence-corrected chi connectivity index (χ0v) is 26.6. The summed E-state index contributed by atoms with van der Waals surface area (Å²) >= 11 is 9.60. The molecule has 232 valence electrons. The van der Waals surface area contributed by atoms with Gasteiger partial charge in [0.2, 0.25) is 0 Å². The van der Waals surface area contributed by atoms with Crippen molar-refractivity contribution in [3.05, 3.63) is 98.1 Å². The molecule has 0 aromatic heterocycles. The van der Waals surface area contributed by atoms with Gasteiger partial charge in [-0.15, -0.1) is 0 Å². The van der Waals surface area contributed by atoms with Crippen LogP contribution in [0.15, 0.2) is 81.5 Å². The summed E-state index contributed by atoms with van der Waals surface area (Å²) in [6, 6.07) is 16.8. The summed E-state index contributed by atoms with van der Waals surface area (Å²) in [5, 5.41) is 20.4. The normalized spacial score (nSPS) is 15.3. The predicted octanol–water partition coefficient (Wildman–Crippen LogP) is 5.20. The van der Waals surface area contributed by atoms with Gasteiger partial charge in [-0.25, -0.2) is 9.59 Å². The average molecular weight is 688 g/mol. The van der Waals surface area contributed by atoms with Crippen LogP contribution >= 0.6 is 27.5 Å². The molecule has 0 aliphatic carbocycles. The number of hydrogen-bond acceptors (Lipinski definition) is 9. The van der Waals surface area contributed by atoms with E-state index < -0.39 is 24.3 Å². The Hall–Kier alpha value is -4.26. The molecule has 44 heavy (non-hydrogen) atoms. The minimum absolute atomic E-state index is 0.171. The number of carbonyl (C=O) groups excluding carboxylic acids is 2. The number of ether oxygens (including phenoxy) is 4. The highest BCUT2D eigenvalue weighted by molar-refractivity contribution is 9.10. The molecule has 4 rings (SSSR count). The zero-order chi connectivity index (χ0) is 31.6. The smallest absolute Gasteiger partial charge is 0.337 e. The topological polar surface area (TPSA) is 140 Å². The molecule has 1 aliphatic rings. The van der Waals surface area contributed by atoms with Gasteiger partial charge in [-0.2, -0.15) is 5.10 Å². The number of amides is 2. The van der Waals surface area contributed by atoms with Gasteiger partial charge in [0.1, 0.15) is 19.0 Å². The molecule has 0 fully saturated rings. The number of urea groups is 1. The highest BCUT2D eigenvalue weighted by Crippen LogP contribution is 2.35. The average Bonchev–Trinajstić information content (AvgIpc) is 3.00. The van der Waals surface area contributed by atoms with E-state index in [2.05, 4.69) is 37.1 Å². The van der Waals surface area contributed by atoms with Gasteiger partial charge in [0.15, 0.2) is 17.7 Å². The number of aliphatic hydroxyl groups is 1. The van der Waals surface area contributed by atoms with Crippen LogP contribution in [0.5, 0.6) is 17.2 Å². The standard InChI is InChI=1S/C31H32BrClN4O7/c1-4-42-26-14-20(29-28(30(39)41-3)18(2)35-31(40)36-29)7-11-25(26)44-17-27(38)37-34-15-21-13-23(33)10-12-24(21)43-16-19-5-8-22(32)9-6-19/h5-15,27,29,37-38H,4,16-17H2,1-3H3,(H2,35,36,40)/b34-15+/t27-,29-/m0/s1. The van der Waals surface area contributed by atoms with E-state index in [1.54, 1.807) is 43.3 Å². The molecule has 0 radical (unpaired) electrons. The van der Waals surface area contributed by atoms with Crippen molar-refractivity contribution in [3.63, 3.8) is 0 Å². The van der Waals surface area contributed by atoms with Crippen molar-refractivity contribution in [1.29, 1.82) is 0 Å². The largest absolute Gasteiger partial charge is 0.490 e. The van der Waals surface area contributed by atoms with Crippen LogP contribution in [0.2, 0.25) is 5.02 Å².